The van der Waals surface area contributed by atoms with Crippen LogP contribution >= 0.6 is 0 Å². The highest BCUT2D eigenvalue weighted by Crippen LogP contribution is 2.64. The van der Waals surface area contributed by atoms with Crippen LogP contribution in [0.4, 0.5) is 5.69 Å². The van der Waals surface area contributed by atoms with Crippen LogP contribution in [0.5, 0.6) is 11.5 Å². The monoisotopic (exact) mass is 572 g/mol. The Labute approximate surface area is 242 Å². The average Bonchev–Trinajstić information content (AvgIpc) is 3.33. The standard InChI is InChI=1S/C32H32N2O8/c1-32-23(29(39)34(31(32)41)17-7-4-3-5-8-17)16-21-19(27(32)22-15-18(42-2)10-13-24(22)35)11-12-20-26(21)30(40)33(28(20)38)14-6-9-25(36)37/h3-5,7-8,10-11,13,15,20-21,23,26-27,35H,6,9,12,14,16H2,1-2H3,(H,36,37). The number of fused-ring (bicyclic) bond motifs is 4. The Morgan fingerprint density at radius 2 is 1.76 bits per heavy atom. The number of carbonyl (C=O) groups excluding carboxylic acids is 4. The molecule has 1 saturated carbocycles. The minimum atomic E-state index is -1.28. The van der Waals surface area contributed by atoms with Crippen LogP contribution in [0, 0.1) is 29.1 Å². The van der Waals surface area contributed by atoms with Crippen LogP contribution in [-0.2, 0) is 24.0 Å². The number of rotatable bonds is 7. The third-order valence-electron chi connectivity index (χ3n) is 9.70. The van der Waals surface area contributed by atoms with Crippen LogP contribution in [0.3, 0.4) is 0 Å². The van der Waals surface area contributed by atoms with Gasteiger partial charge in [0, 0.05) is 24.4 Å². The molecule has 2 aromatic carbocycles. The Kier molecular flexibility index (Phi) is 6.67. The van der Waals surface area contributed by atoms with E-state index in [-0.39, 0.29) is 61.6 Å². The van der Waals surface area contributed by atoms with Gasteiger partial charge >= 0.3 is 5.97 Å². The van der Waals surface area contributed by atoms with Gasteiger partial charge in [0.15, 0.2) is 0 Å². The molecule has 2 aliphatic heterocycles. The topological polar surface area (TPSA) is 142 Å². The predicted octanol–water partition coefficient (Wildman–Crippen LogP) is 3.50. The molecule has 2 aromatic rings. The van der Waals surface area contributed by atoms with Gasteiger partial charge in [0.2, 0.25) is 23.6 Å². The molecule has 2 N–H and O–H groups in total. The minimum Gasteiger partial charge on any atom is -0.508 e. The van der Waals surface area contributed by atoms with Crippen LogP contribution in [0.15, 0.2) is 60.2 Å². The first-order chi connectivity index (χ1) is 20.1. The molecule has 2 saturated heterocycles. The van der Waals surface area contributed by atoms with E-state index < -0.39 is 41.0 Å². The number of carbonyl (C=O) groups is 5. The molecule has 6 unspecified atom stereocenters. The molecular weight excluding hydrogens is 540 g/mol. The first kappa shape index (κ1) is 27.7. The van der Waals surface area contributed by atoms with Gasteiger partial charge < -0.3 is 14.9 Å². The molecule has 4 aliphatic rings. The molecular formula is C32H32N2O8. The Bertz CT molecular complexity index is 1530. The highest BCUT2D eigenvalue weighted by atomic mass is 16.5. The van der Waals surface area contributed by atoms with E-state index in [1.807, 2.05) is 6.08 Å². The number of aliphatic carboxylic acids is 1. The Balaban J connectivity index is 1.47. The SMILES string of the molecule is COc1ccc(O)c(C2C3=CCC4C(=O)N(CCCC(=O)O)C(=O)C4C3CC3C(=O)N(c4ccccc4)C(=O)C32C)c1. The van der Waals surface area contributed by atoms with E-state index in [1.54, 1.807) is 49.4 Å². The molecule has 2 aliphatic carbocycles. The number of likely N-dealkylation sites (tertiary alicyclic amines) is 1. The number of aromatic hydroxyl groups is 1. The van der Waals surface area contributed by atoms with E-state index >= 15 is 0 Å². The molecule has 218 valence electrons. The molecule has 4 amide bonds. The summed E-state index contributed by atoms with van der Waals surface area (Å²) in [7, 11) is 1.50. The lowest BCUT2D eigenvalue weighted by atomic mass is 9.51. The molecule has 0 aromatic heterocycles. The van der Waals surface area contributed by atoms with Crippen LogP contribution < -0.4 is 9.64 Å². The molecule has 3 fully saturated rings. The molecule has 6 atom stereocenters. The number of anilines is 1. The third kappa shape index (κ3) is 3.95. The van der Waals surface area contributed by atoms with Crippen molar-refractivity contribution in [3.63, 3.8) is 0 Å². The average molecular weight is 573 g/mol. The van der Waals surface area contributed by atoms with Gasteiger partial charge in [-0.05, 0) is 62.4 Å². The number of carboxylic acids is 1. The molecule has 0 radical (unpaired) electrons. The number of para-hydroxylation sites is 1. The zero-order valence-electron chi connectivity index (χ0n) is 23.4. The maximum absolute atomic E-state index is 14.4. The Morgan fingerprint density at radius 3 is 2.45 bits per heavy atom. The number of nitrogens with zero attached hydrogens (tertiary/aromatic N) is 2. The number of allylic oxidation sites excluding steroid dienone is 2. The molecule has 2 heterocycles. The summed E-state index contributed by atoms with van der Waals surface area (Å²) >= 11 is 0. The zero-order chi connectivity index (χ0) is 29.9. The van der Waals surface area contributed by atoms with E-state index in [4.69, 9.17) is 9.84 Å². The Morgan fingerprint density at radius 1 is 1.02 bits per heavy atom. The number of phenols is 1. The lowest BCUT2D eigenvalue weighted by Crippen LogP contribution is -2.48. The van der Waals surface area contributed by atoms with Gasteiger partial charge in [0.25, 0.3) is 0 Å². The Hall–Kier alpha value is -4.47. The number of phenolic OH excluding ortho intramolecular Hbond substituents is 1. The first-order valence-corrected chi connectivity index (χ1v) is 14.2. The smallest absolute Gasteiger partial charge is 0.303 e. The van der Waals surface area contributed by atoms with Crippen molar-refractivity contribution in [2.75, 3.05) is 18.6 Å². The number of imide groups is 2. The summed E-state index contributed by atoms with van der Waals surface area (Å²) in [5.41, 5.74) is 0.340. The van der Waals surface area contributed by atoms with E-state index in [1.165, 1.54) is 23.0 Å². The summed E-state index contributed by atoms with van der Waals surface area (Å²) in [5, 5.41) is 20.2. The van der Waals surface area contributed by atoms with Crippen molar-refractivity contribution < 1.29 is 38.9 Å². The van der Waals surface area contributed by atoms with Gasteiger partial charge in [0.1, 0.15) is 11.5 Å². The molecule has 6 rings (SSSR count). The van der Waals surface area contributed by atoms with Gasteiger partial charge in [-0.25, -0.2) is 4.90 Å². The predicted molar refractivity (Wildman–Crippen MR) is 149 cm³/mol. The lowest BCUT2D eigenvalue weighted by Gasteiger charge is -2.49. The van der Waals surface area contributed by atoms with Gasteiger partial charge in [0.05, 0.1) is 36.0 Å². The number of hydrogen-bond donors (Lipinski definition) is 2. The number of benzene rings is 2. The van der Waals surface area contributed by atoms with Crippen molar-refractivity contribution in [2.45, 2.75) is 38.5 Å². The highest BCUT2D eigenvalue weighted by molar-refractivity contribution is 6.24. The number of hydrogen-bond acceptors (Lipinski definition) is 7. The highest BCUT2D eigenvalue weighted by Gasteiger charge is 2.67. The van der Waals surface area contributed by atoms with Crippen LogP contribution in [0.1, 0.15) is 44.1 Å². The van der Waals surface area contributed by atoms with Crippen LogP contribution in [0.25, 0.3) is 0 Å². The fraction of sp³-hybridized carbons (Fsp3) is 0.406. The van der Waals surface area contributed by atoms with Crippen LogP contribution in [0.2, 0.25) is 0 Å². The number of amides is 4. The molecule has 10 heteroatoms. The second-order valence-corrected chi connectivity index (χ2v) is 11.7. The zero-order valence-corrected chi connectivity index (χ0v) is 23.4. The molecule has 0 spiro atoms. The largest absolute Gasteiger partial charge is 0.508 e. The van der Waals surface area contributed by atoms with Crippen molar-refractivity contribution in [1.82, 2.24) is 4.90 Å². The first-order valence-electron chi connectivity index (χ1n) is 14.2. The van der Waals surface area contributed by atoms with Gasteiger partial charge in [-0.15, -0.1) is 0 Å². The normalized spacial score (nSPS) is 30.1. The number of methoxy groups -OCH3 is 1. The molecule has 0 bridgehead atoms. The van der Waals surface area contributed by atoms with Gasteiger partial charge in [-0.3, -0.25) is 28.9 Å². The second-order valence-electron chi connectivity index (χ2n) is 11.7. The van der Waals surface area contributed by atoms with Crippen molar-refractivity contribution in [1.29, 1.82) is 0 Å². The maximum Gasteiger partial charge on any atom is 0.303 e. The summed E-state index contributed by atoms with van der Waals surface area (Å²) in [6, 6.07) is 13.5. The summed E-state index contributed by atoms with van der Waals surface area (Å²) in [6.45, 7) is 1.77. The fourth-order valence-electron chi connectivity index (χ4n) is 7.75. The van der Waals surface area contributed by atoms with E-state index in [9.17, 15) is 29.1 Å². The quantitative estimate of drug-likeness (QED) is 0.379. The van der Waals surface area contributed by atoms with Crippen molar-refractivity contribution in [2.24, 2.45) is 29.1 Å². The van der Waals surface area contributed by atoms with Crippen molar-refractivity contribution in [3.05, 3.63) is 65.7 Å². The number of ether oxygens (including phenoxy) is 1. The fourth-order valence-corrected chi connectivity index (χ4v) is 7.75. The summed E-state index contributed by atoms with van der Waals surface area (Å²) in [4.78, 5) is 69.1. The summed E-state index contributed by atoms with van der Waals surface area (Å²) in [5.74, 6) is -5.54. The van der Waals surface area contributed by atoms with E-state index in [0.717, 1.165) is 5.57 Å². The molecule has 42 heavy (non-hydrogen) atoms. The molecule has 10 nitrogen and oxygen atoms in total. The van der Waals surface area contributed by atoms with Crippen molar-refractivity contribution in [3.8, 4) is 11.5 Å². The second kappa shape index (κ2) is 10.1. The third-order valence-corrected chi connectivity index (χ3v) is 9.70. The van der Waals surface area contributed by atoms with Crippen molar-refractivity contribution >= 4 is 35.3 Å². The van der Waals surface area contributed by atoms with Gasteiger partial charge in [-0.2, -0.15) is 0 Å². The summed E-state index contributed by atoms with van der Waals surface area (Å²) in [6.07, 6.45) is 2.36. The summed E-state index contributed by atoms with van der Waals surface area (Å²) < 4.78 is 5.45. The number of carboxylic acid groups (broad SMARTS) is 1. The van der Waals surface area contributed by atoms with E-state index in [2.05, 4.69) is 0 Å². The lowest BCUT2D eigenvalue weighted by molar-refractivity contribution is -0.142. The van der Waals surface area contributed by atoms with Gasteiger partial charge in [-0.1, -0.05) is 29.8 Å². The minimum absolute atomic E-state index is 0.0134. The van der Waals surface area contributed by atoms with Crippen LogP contribution in [-0.4, -0.2) is 58.4 Å². The van der Waals surface area contributed by atoms with E-state index in [0.29, 0.717) is 17.0 Å². The maximum atomic E-state index is 14.4.